The number of likely N-dealkylation sites (tertiary alicyclic amines) is 1. The van der Waals surface area contributed by atoms with Crippen molar-refractivity contribution in [2.45, 2.75) is 52.6 Å². The van der Waals surface area contributed by atoms with Crippen LogP contribution in [0.15, 0.2) is 0 Å². The van der Waals surface area contributed by atoms with Crippen LogP contribution in [0.25, 0.3) is 0 Å². The van der Waals surface area contributed by atoms with Crippen molar-refractivity contribution in [2.24, 2.45) is 5.41 Å². The maximum absolute atomic E-state index is 9.14. The minimum Gasteiger partial charge on any atom is -0.283 e. The predicted molar refractivity (Wildman–Crippen MR) is 54.3 cm³/mol. The van der Waals surface area contributed by atoms with Crippen molar-refractivity contribution in [1.82, 2.24) is 4.90 Å². The molecular weight excluding hydrogens is 160 g/mol. The van der Waals surface area contributed by atoms with Crippen LogP contribution in [0.2, 0.25) is 0 Å². The Morgan fingerprint density at radius 1 is 1.38 bits per heavy atom. The van der Waals surface area contributed by atoms with E-state index in [0.29, 0.717) is 0 Å². The molecule has 1 rings (SSSR count). The number of hydrogen-bond donors (Lipinski definition) is 0. The molecule has 0 amide bonds. The van der Waals surface area contributed by atoms with Crippen LogP contribution in [0, 0.1) is 16.7 Å². The van der Waals surface area contributed by atoms with Crippen LogP contribution in [0.4, 0.5) is 0 Å². The minimum absolute atomic E-state index is 0.0764. The molecule has 0 N–H and O–H groups in total. The van der Waals surface area contributed by atoms with Gasteiger partial charge in [0.1, 0.15) is 6.04 Å². The van der Waals surface area contributed by atoms with Gasteiger partial charge in [-0.05, 0) is 32.6 Å². The van der Waals surface area contributed by atoms with Crippen LogP contribution in [-0.4, -0.2) is 23.0 Å². The molecule has 1 heterocycles. The highest BCUT2D eigenvalue weighted by Crippen LogP contribution is 2.39. The number of nitrogens with zero attached hydrogens (tertiary/aromatic N) is 2. The molecule has 1 saturated heterocycles. The first-order chi connectivity index (χ1) is 5.79. The lowest BCUT2D eigenvalue weighted by Gasteiger charge is -2.36. The third kappa shape index (κ3) is 1.86. The molecule has 0 aromatic rings. The molecule has 1 unspecified atom stereocenters. The van der Waals surface area contributed by atoms with Gasteiger partial charge in [0.05, 0.1) is 6.07 Å². The molecule has 0 saturated carbocycles. The van der Waals surface area contributed by atoms with E-state index in [2.05, 4.69) is 45.6 Å². The summed E-state index contributed by atoms with van der Waals surface area (Å²) >= 11 is 0. The first-order valence-electron chi connectivity index (χ1n) is 4.95. The number of rotatable bonds is 0. The lowest BCUT2D eigenvalue weighted by atomic mass is 9.85. The molecule has 13 heavy (non-hydrogen) atoms. The molecule has 1 aliphatic rings. The Balaban J connectivity index is 2.89. The minimum atomic E-state index is 0.0764. The van der Waals surface area contributed by atoms with Crippen LogP contribution >= 0.6 is 0 Å². The van der Waals surface area contributed by atoms with Crippen molar-refractivity contribution in [2.75, 3.05) is 6.54 Å². The van der Waals surface area contributed by atoms with Crippen LogP contribution in [0.5, 0.6) is 0 Å². The second kappa shape index (κ2) is 2.99. The largest absolute Gasteiger partial charge is 0.283 e. The summed E-state index contributed by atoms with van der Waals surface area (Å²) in [4.78, 5) is 2.31. The maximum Gasteiger partial charge on any atom is 0.103 e. The van der Waals surface area contributed by atoms with Gasteiger partial charge >= 0.3 is 0 Å². The van der Waals surface area contributed by atoms with Gasteiger partial charge in [-0.2, -0.15) is 5.26 Å². The van der Waals surface area contributed by atoms with E-state index in [1.807, 2.05) is 0 Å². The number of nitriles is 1. The summed E-state index contributed by atoms with van der Waals surface area (Å²) in [5, 5.41) is 9.14. The van der Waals surface area contributed by atoms with Crippen molar-refractivity contribution < 1.29 is 0 Å². The zero-order valence-electron chi connectivity index (χ0n) is 9.39. The molecule has 74 valence electrons. The van der Waals surface area contributed by atoms with Crippen LogP contribution in [-0.2, 0) is 0 Å². The van der Waals surface area contributed by atoms with Gasteiger partial charge in [-0.15, -0.1) is 0 Å². The SMILES string of the molecule is CC1(C)CCN(C(C)(C)C)C1C#N. The Morgan fingerprint density at radius 3 is 2.23 bits per heavy atom. The van der Waals surface area contributed by atoms with Crippen molar-refractivity contribution in [3.8, 4) is 6.07 Å². The van der Waals surface area contributed by atoms with E-state index in [4.69, 9.17) is 5.26 Å². The van der Waals surface area contributed by atoms with E-state index < -0.39 is 0 Å². The summed E-state index contributed by atoms with van der Waals surface area (Å²) in [5.74, 6) is 0. The summed E-state index contributed by atoms with van der Waals surface area (Å²) in [7, 11) is 0. The highest BCUT2D eigenvalue weighted by molar-refractivity contribution is 5.08. The Kier molecular flexibility index (Phi) is 2.42. The predicted octanol–water partition coefficient (Wildman–Crippen LogP) is 2.41. The zero-order valence-corrected chi connectivity index (χ0v) is 9.39. The number of hydrogen-bond acceptors (Lipinski definition) is 2. The summed E-state index contributed by atoms with van der Waals surface area (Å²) in [6, 6.07) is 2.51. The summed E-state index contributed by atoms with van der Waals surface area (Å²) < 4.78 is 0. The van der Waals surface area contributed by atoms with Gasteiger partial charge in [-0.25, -0.2) is 0 Å². The van der Waals surface area contributed by atoms with Gasteiger partial charge < -0.3 is 0 Å². The molecular formula is C11H20N2. The highest BCUT2D eigenvalue weighted by Gasteiger charge is 2.44. The average molecular weight is 180 g/mol. The molecule has 0 aromatic carbocycles. The van der Waals surface area contributed by atoms with E-state index in [9.17, 15) is 0 Å². The van der Waals surface area contributed by atoms with E-state index in [0.717, 1.165) is 13.0 Å². The van der Waals surface area contributed by atoms with Crippen LogP contribution in [0.3, 0.4) is 0 Å². The molecule has 2 heteroatoms. The van der Waals surface area contributed by atoms with Crippen molar-refractivity contribution in [3.05, 3.63) is 0 Å². The molecule has 2 nitrogen and oxygen atoms in total. The molecule has 0 radical (unpaired) electrons. The highest BCUT2D eigenvalue weighted by atomic mass is 15.2. The molecule has 1 fully saturated rings. The van der Waals surface area contributed by atoms with E-state index in [1.165, 1.54) is 0 Å². The normalized spacial score (nSPS) is 28.8. The maximum atomic E-state index is 9.14. The van der Waals surface area contributed by atoms with Gasteiger partial charge in [0.2, 0.25) is 0 Å². The fourth-order valence-electron chi connectivity index (χ4n) is 2.06. The molecule has 0 aliphatic carbocycles. The van der Waals surface area contributed by atoms with E-state index in [1.54, 1.807) is 0 Å². The Hall–Kier alpha value is -0.550. The zero-order chi connectivity index (χ0) is 10.3. The van der Waals surface area contributed by atoms with Crippen LogP contribution < -0.4 is 0 Å². The van der Waals surface area contributed by atoms with Gasteiger partial charge in [-0.3, -0.25) is 4.90 Å². The fourth-order valence-corrected chi connectivity index (χ4v) is 2.06. The summed E-state index contributed by atoms with van der Waals surface area (Å²) in [6.45, 7) is 12.0. The van der Waals surface area contributed by atoms with Gasteiger partial charge in [0, 0.05) is 12.1 Å². The lowest BCUT2D eigenvalue weighted by molar-refractivity contribution is 0.119. The standard InChI is InChI=1S/C11H20N2/c1-10(2,3)13-7-6-11(4,5)9(13)8-12/h9H,6-7H2,1-5H3. The smallest absolute Gasteiger partial charge is 0.103 e. The molecule has 0 spiro atoms. The topological polar surface area (TPSA) is 27.0 Å². The second-order valence-corrected chi connectivity index (χ2v) is 5.63. The third-order valence-electron chi connectivity index (χ3n) is 3.03. The van der Waals surface area contributed by atoms with Gasteiger partial charge in [0.15, 0.2) is 0 Å². The first kappa shape index (κ1) is 10.5. The van der Waals surface area contributed by atoms with E-state index in [-0.39, 0.29) is 17.0 Å². The van der Waals surface area contributed by atoms with Crippen molar-refractivity contribution in [3.63, 3.8) is 0 Å². The summed E-state index contributed by atoms with van der Waals surface area (Å²) in [5.41, 5.74) is 0.274. The molecule has 1 aliphatic heterocycles. The first-order valence-corrected chi connectivity index (χ1v) is 4.95. The summed E-state index contributed by atoms with van der Waals surface area (Å²) in [6.07, 6.45) is 1.13. The monoisotopic (exact) mass is 180 g/mol. The Bertz CT molecular complexity index is 229. The quantitative estimate of drug-likeness (QED) is 0.572. The molecule has 1 atom stereocenters. The fraction of sp³-hybridized carbons (Fsp3) is 0.909. The Morgan fingerprint density at radius 2 is 1.92 bits per heavy atom. The molecule has 0 aromatic heterocycles. The van der Waals surface area contributed by atoms with Crippen molar-refractivity contribution in [1.29, 1.82) is 5.26 Å². The van der Waals surface area contributed by atoms with E-state index >= 15 is 0 Å². The second-order valence-electron chi connectivity index (χ2n) is 5.63. The van der Waals surface area contributed by atoms with Crippen molar-refractivity contribution >= 4 is 0 Å². The average Bonchev–Trinajstić information content (AvgIpc) is 2.23. The van der Waals surface area contributed by atoms with Gasteiger partial charge in [0.25, 0.3) is 0 Å². The van der Waals surface area contributed by atoms with Crippen LogP contribution in [0.1, 0.15) is 41.0 Å². The van der Waals surface area contributed by atoms with Gasteiger partial charge in [-0.1, -0.05) is 13.8 Å². The lowest BCUT2D eigenvalue weighted by Crippen LogP contribution is -2.46. The third-order valence-corrected chi connectivity index (χ3v) is 3.03. The Labute approximate surface area is 81.5 Å². The molecule has 0 bridgehead atoms.